The van der Waals surface area contributed by atoms with Crippen molar-refractivity contribution in [3.8, 4) is 0 Å². The number of hydrogen-bond acceptors (Lipinski definition) is 16. The molecule has 0 aliphatic carbocycles. The Morgan fingerprint density at radius 3 is 1.02 bits per heavy atom. The van der Waals surface area contributed by atoms with Gasteiger partial charge in [-0.3, -0.25) is 9.59 Å². The lowest BCUT2D eigenvalue weighted by molar-refractivity contribution is -0.157. The van der Waals surface area contributed by atoms with Gasteiger partial charge >= 0.3 is 24.1 Å². The Morgan fingerprint density at radius 1 is 0.451 bits per heavy atom. The normalized spacial score (nSPS) is 12.5. The molecule has 0 saturated carbocycles. The van der Waals surface area contributed by atoms with Crippen molar-refractivity contribution < 1.29 is 71.8 Å². The van der Waals surface area contributed by atoms with Gasteiger partial charge in [0.25, 0.3) is 0 Å². The van der Waals surface area contributed by atoms with Crippen LogP contribution < -0.4 is 18.9 Å². The highest BCUT2D eigenvalue weighted by Crippen LogP contribution is 2.22. The Kier molecular flexibility index (Phi) is 22.4. The number of esters is 2. The first-order valence-corrected chi connectivity index (χ1v) is 22.9. The van der Waals surface area contributed by atoms with Gasteiger partial charge in [-0.15, -0.1) is 0 Å². The topological polar surface area (TPSA) is 290 Å². The first-order valence-electron chi connectivity index (χ1n) is 16.2. The fraction of sp³-hybridized carbons (Fsp3) is 0.852. The molecule has 0 aromatic carbocycles. The van der Waals surface area contributed by atoms with Crippen molar-refractivity contribution in [3.05, 3.63) is 0 Å². The van der Waals surface area contributed by atoms with Crippen LogP contribution in [0.4, 0.5) is 9.59 Å². The molecule has 0 aliphatic rings. The summed E-state index contributed by atoms with van der Waals surface area (Å²) in [6.45, 7) is 1.32. The van der Waals surface area contributed by atoms with E-state index in [1.54, 1.807) is 37.1 Å². The summed E-state index contributed by atoms with van der Waals surface area (Å²) in [4.78, 5) is 50.1. The minimum Gasteiger partial charge on any atom is -0.464 e. The molecule has 0 spiro atoms. The fourth-order valence-corrected chi connectivity index (χ4v) is 7.96. The molecule has 0 bridgehead atoms. The van der Waals surface area contributed by atoms with E-state index in [4.69, 9.17) is 18.9 Å². The summed E-state index contributed by atoms with van der Waals surface area (Å²) < 4.78 is 125. The highest BCUT2D eigenvalue weighted by Gasteiger charge is 2.39. The Bertz CT molecular complexity index is 1430. The molecule has 20 nitrogen and oxygen atoms in total. The lowest BCUT2D eigenvalue weighted by atomic mass is 9.92. The summed E-state index contributed by atoms with van der Waals surface area (Å²) in [6, 6.07) is 0. The van der Waals surface area contributed by atoms with E-state index in [0.717, 1.165) is 0 Å². The van der Waals surface area contributed by atoms with Crippen LogP contribution in [0.3, 0.4) is 0 Å². The lowest BCUT2D eigenvalue weighted by Crippen LogP contribution is -2.47. The molecule has 0 aliphatic heterocycles. The minimum absolute atomic E-state index is 0.201. The van der Waals surface area contributed by atoms with Gasteiger partial charge < -0.3 is 18.9 Å². The van der Waals surface area contributed by atoms with E-state index in [-0.39, 0.29) is 24.3 Å². The fourth-order valence-electron chi connectivity index (χ4n) is 3.49. The molecule has 0 aromatic heterocycles. The van der Waals surface area contributed by atoms with Gasteiger partial charge in [-0.25, -0.2) is 62.1 Å². The summed E-state index contributed by atoms with van der Waals surface area (Å²) in [5, 5.41) is 0. The van der Waals surface area contributed by atoms with Crippen molar-refractivity contribution >= 4 is 64.2 Å². The zero-order valence-electron chi connectivity index (χ0n) is 29.4. The second-order valence-electron chi connectivity index (χ2n) is 11.5. The van der Waals surface area contributed by atoms with E-state index in [1.807, 2.05) is 9.44 Å². The van der Waals surface area contributed by atoms with Crippen molar-refractivity contribution in [2.45, 2.75) is 79.1 Å². The van der Waals surface area contributed by atoms with E-state index in [9.17, 15) is 52.8 Å². The number of carbonyl (C=O) groups is 4. The number of hydrogen-bond donors (Lipinski definition) is 4. The van der Waals surface area contributed by atoms with Crippen molar-refractivity contribution in [2.75, 3.05) is 62.5 Å². The van der Waals surface area contributed by atoms with Gasteiger partial charge in [0.15, 0.2) is 0 Å². The quantitative estimate of drug-likeness (QED) is 0.0606. The summed E-state index contributed by atoms with van der Waals surface area (Å²) in [7, 11) is -16.1. The van der Waals surface area contributed by atoms with E-state index < -0.39 is 121 Å². The molecule has 24 heteroatoms. The Balaban J connectivity index is 6.28. The van der Waals surface area contributed by atoms with E-state index in [0.29, 0.717) is 38.5 Å². The number of rotatable bonds is 28. The molecule has 0 unspecified atom stereocenters. The van der Waals surface area contributed by atoms with Gasteiger partial charge in [-0.2, -0.15) is 0 Å². The van der Waals surface area contributed by atoms with Crippen molar-refractivity contribution in [1.29, 1.82) is 0 Å². The second kappa shape index (κ2) is 23.7. The van der Waals surface area contributed by atoms with Crippen LogP contribution in [-0.2, 0) is 68.6 Å². The van der Waals surface area contributed by atoms with E-state index in [1.165, 1.54) is 0 Å². The molecule has 2 amide bonds. The van der Waals surface area contributed by atoms with Crippen LogP contribution in [0.1, 0.15) is 79.1 Å². The largest absolute Gasteiger partial charge is 0.464 e. The molecule has 0 saturated heterocycles. The maximum atomic E-state index is 12.6. The van der Waals surface area contributed by atoms with Gasteiger partial charge in [0.2, 0.25) is 40.1 Å². The molecule has 0 rings (SSSR count). The van der Waals surface area contributed by atoms with Gasteiger partial charge in [0.05, 0.1) is 23.0 Å². The molecule has 4 N–H and O–H groups in total. The number of nitrogens with one attached hydrogen (secondary N) is 4. The number of ether oxygens (including phenoxy) is 4. The molecule has 0 atom stereocenters. The molecular weight excluding hydrogens is 765 g/mol. The average molecular weight is 817 g/mol. The van der Waals surface area contributed by atoms with Crippen LogP contribution in [0.15, 0.2) is 0 Å². The third-order valence-electron chi connectivity index (χ3n) is 6.51. The Labute approximate surface area is 301 Å². The van der Waals surface area contributed by atoms with Crippen LogP contribution in [0.5, 0.6) is 0 Å². The highest BCUT2D eigenvalue weighted by molar-refractivity contribution is 7.90. The molecule has 0 radical (unpaired) electrons. The standard InChI is InChI=1S/C27H52N4O16S4/c1-5-9-13-48(36,37)28-17-23(32)44-19-27(21-46-25(34)30-50(40,41)15-11-7-3,22-47-26(35)31-51(42,43)16-12-8-4)20-45-24(33)18-29-49(38,39)14-10-6-2/h28-29H,5-22H2,1-4H3,(H,30,34)(H,31,35). The second-order valence-corrected chi connectivity index (χ2v) is 19.0. The monoisotopic (exact) mass is 816 g/mol. The van der Waals surface area contributed by atoms with Gasteiger partial charge in [-0.05, 0) is 25.7 Å². The van der Waals surface area contributed by atoms with Crippen molar-refractivity contribution in [2.24, 2.45) is 5.41 Å². The molecule has 0 fully saturated rings. The third-order valence-corrected chi connectivity index (χ3v) is 11.9. The van der Waals surface area contributed by atoms with Gasteiger partial charge in [0.1, 0.15) is 44.9 Å². The maximum Gasteiger partial charge on any atom is 0.420 e. The first-order chi connectivity index (χ1) is 23.6. The van der Waals surface area contributed by atoms with Crippen LogP contribution >= 0.6 is 0 Å². The predicted molar refractivity (Wildman–Crippen MR) is 184 cm³/mol. The van der Waals surface area contributed by atoms with Gasteiger partial charge in [0, 0.05) is 0 Å². The first kappa shape index (κ1) is 48.2. The average Bonchev–Trinajstić information content (AvgIpc) is 3.05. The lowest BCUT2D eigenvalue weighted by Gasteiger charge is -2.31. The number of amides is 2. The molecule has 0 heterocycles. The molecular formula is C27H52N4O16S4. The van der Waals surface area contributed by atoms with Crippen LogP contribution in [0.2, 0.25) is 0 Å². The number of unbranched alkanes of at least 4 members (excludes halogenated alkanes) is 4. The Morgan fingerprint density at radius 2 is 0.725 bits per heavy atom. The van der Waals surface area contributed by atoms with Crippen molar-refractivity contribution in [1.82, 2.24) is 18.9 Å². The third kappa shape index (κ3) is 24.1. The van der Waals surface area contributed by atoms with E-state index in [2.05, 4.69) is 0 Å². The molecule has 0 aromatic rings. The summed E-state index contributed by atoms with van der Waals surface area (Å²) >= 11 is 0. The number of sulfonamides is 4. The SMILES string of the molecule is CCCCS(=O)(=O)NCC(=O)OCC(COC(=O)CNS(=O)(=O)CCCC)(COC(=O)NS(=O)(=O)CCCC)COC(=O)NS(=O)(=O)CCCC. The Hall–Kier alpha value is -2.80. The smallest absolute Gasteiger partial charge is 0.420 e. The van der Waals surface area contributed by atoms with E-state index >= 15 is 0 Å². The van der Waals surface area contributed by atoms with Gasteiger partial charge in [-0.1, -0.05) is 53.4 Å². The summed E-state index contributed by atoms with van der Waals surface area (Å²) in [5.74, 6) is -3.81. The van der Waals surface area contributed by atoms with Crippen LogP contribution in [0, 0.1) is 5.41 Å². The molecule has 51 heavy (non-hydrogen) atoms. The summed E-state index contributed by atoms with van der Waals surface area (Å²) in [6.07, 6.45) is 0.0178. The zero-order valence-corrected chi connectivity index (χ0v) is 32.7. The molecule has 300 valence electrons. The van der Waals surface area contributed by atoms with Crippen LogP contribution in [0.25, 0.3) is 0 Å². The van der Waals surface area contributed by atoms with Crippen LogP contribution in [-0.4, -0.2) is 120 Å². The van der Waals surface area contributed by atoms with Crippen molar-refractivity contribution in [3.63, 3.8) is 0 Å². The highest BCUT2D eigenvalue weighted by atomic mass is 32.2. The minimum atomic E-state index is -4.16. The zero-order chi connectivity index (χ0) is 39.2. The number of carbonyl (C=O) groups excluding carboxylic acids is 4. The predicted octanol–water partition coefficient (Wildman–Crippen LogP) is 0.210. The summed E-state index contributed by atoms with van der Waals surface area (Å²) in [5.41, 5.74) is -2.08. The maximum absolute atomic E-state index is 12.6.